The average Bonchev–Trinajstić information content (AvgIpc) is 3.36. The lowest BCUT2D eigenvalue weighted by Crippen LogP contribution is -2.25. The highest BCUT2D eigenvalue weighted by atomic mass is 16.5. The Labute approximate surface area is 180 Å². The molecule has 0 atom stereocenters. The molecule has 0 radical (unpaired) electrons. The molecule has 0 aliphatic carbocycles. The normalized spacial score (nSPS) is 18.1. The molecule has 150 valence electrons. The summed E-state index contributed by atoms with van der Waals surface area (Å²) in [6.07, 6.45) is 3.46. The summed E-state index contributed by atoms with van der Waals surface area (Å²) in [5.41, 5.74) is 4.13. The predicted molar refractivity (Wildman–Crippen MR) is 119 cm³/mol. The maximum atomic E-state index is 13.4. The van der Waals surface area contributed by atoms with Gasteiger partial charge in [-0.25, -0.2) is 4.79 Å². The number of amides is 1. The van der Waals surface area contributed by atoms with Crippen LogP contribution in [0.5, 0.6) is 0 Å². The molecule has 3 aromatic rings. The smallest absolute Gasteiger partial charge is 0.344 e. The molecule has 0 bridgehead atoms. The summed E-state index contributed by atoms with van der Waals surface area (Å²) in [5, 5.41) is 0. The second-order valence-corrected chi connectivity index (χ2v) is 7.36. The van der Waals surface area contributed by atoms with E-state index in [-0.39, 0.29) is 11.5 Å². The number of carbonyl (C=O) groups is 2. The van der Waals surface area contributed by atoms with E-state index in [4.69, 9.17) is 4.74 Å². The molecule has 4 nitrogen and oxygen atoms in total. The van der Waals surface area contributed by atoms with Gasteiger partial charge in [-0.3, -0.25) is 4.79 Å². The van der Waals surface area contributed by atoms with E-state index < -0.39 is 5.97 Å². The Morgan fingerprint density at radius 1 is 0.645 bits per heavy atom. The highest BCUT2D eigenvalue weighted by molar-refractivity contribution is 6.15. The van der Waals surface area contributed by atoms with Crippen molar-refractivity contribution in [3.8, 4) is 0 Å². The molecule has 2 heterocycles. The molecule has 2 aliphatic rings. The Morgan fingerprint density at radius 3 is 1.87 bits per heavy atom. The van der Waals surface area contributed by atoms with E-state index in [0.29, 0.717) is 17.9 Å². The minimum Gasteiger partial charge on any atom is -0.422 e. The first kappa shape index (κ1) is 18.8. The van der Waals surface area contributed by atoms with Crippen LogP contribution in [0.3, 0.4) is 0 Å². The highest BCUT2D eigenvalue weighted by Gasteiger charge is 2.35. The van der Waals surface area contributed by atoms with E-state index in [1.165, 1.54) is 0 Å². The molecule has 0 fully saturated rings. The van der Waals surface area contributed by atoms with Crippen molar-refractivity contribution in [1.82, 2.24) is 4.90 Å². The first-order valence-electron chi connectivity index (χ1n) is 10.1. The van der Waals surface area contributed by atoms with Gasteiger partial charge in [-0.15, -0.1) is 0 Å². The molecular formula is C27H19NO3. The van der Waals surface area contributed by atoms with E-state index >= 15 is 0 Å². The number of benzene rings is 3. The van der Waals surface area contributed by atoms with Crippen LogP contribution in [0.15, 0.2) is 114 Å². The molecule has 0 saturated heterocycles. The van der Waals surface area contributed by atoms with E-state index in [1.54, 1.807) is 17.1 Å². The Kier molecular flexibility index (Phi) is 4.81. The molecule has 3 aromatic carbocycles. The predicted octanol–water partition coefficient (Wildman–Crippen LogP) is 4.96. The van der Waals surface area contributed by atoms with Crippen molar-refractivity contribution in [3.05, 3.63) is 131 Å². The van der Waals surface area contributed by atoms with Crippen molar-refractivity contribution >= 4 is 23.3 Å². The van der Waals surface area contributed by atoms with Gasteiger partial charge >= 0.3 is 5.97 Å². The van der Waals surface area contributed by atoms with Gasteiger partial charge in [0.1, 0.15) is 5.76 Å². The number of carbonyl (C=O) groups excluding carboxylic acids is 2. The molecule has 5 rings (SSSR count). The third kappa shape index (κ3) is 3.60. The molecule has 4 heteroatoms. The summed E-state index contributed by atoms with van der Waals surface area (Å²) in [4.78, 5) is 27.8. The first-order chi connectivity index (χ1) is 15.2. The minimum atomic E-state index is -0.507. The average molecular weight is 405 g/mol. The van der Waals surface area contributed by atoms with Crippen LogP contribution >= 0.6 is 0 Å². The van der Waals surface area contributed by atoms with Gasteiger partial charge < -0.3 is 9.64 Å². The number of rotatable bonds is 4. The number of ether oxygens (including phenoxy) is 1. The van der Waals surface area contributed by atoms with Gasteiger partial charge in [0.05, 0.1) is 23.4 Å². The summed E-state index contributed by atoms with van der Waals surface area (Å²) >= 11 is 0. The molecule has 0 N–H and O–H groups in total. The Bertz CT molecular complexity index is 1240. The number of hydrogen-bond donors (Lipinski definition) is 0. The fourth-order valence-electron chi connectivity index (χ4n) is 3.80. The Morgan fingerprint density at radius 2 is 1.23 bits per heavy atom. The minimum absolute atomic E-state index is 0.208. The van der Waals surface area contributed by atoms with Crippen LogP contribution in [0.25, 0.3) is 11.5 Å². The Hall–Kier alpha value is -4.18. The molecule has 0 saturated carbocycles. The van der Waals surface area contributed by atoms with Crippen molar-refractivity contribution in [2.75, 3.05) is 0 Å². The highest BCUT2D eigenvalue weighted by Crippen LogP contribution is 2.36. The summed E-state index contributed by atoms with van der Waals surface area (Å²) in [6, 6.07) is 28.9. The van der Waals surface area contributed by atoms with Crippen molar-refractivity contribution in [2.45, 2.75) is 6.54 Å². The summed E-state index contributed by atoms with van der Waals surface area (Å²) in [5.74, 6) is -0.260. The molecular weight excluding hydrogens is 386 g/mol. The van der Waals surface area contributed by atoms with E-state index in [1.807, 2.05) is 91.0 Å². The zero-order chi connectivity index (χ0) is 21.2. The van der Waals surface area contributed by atoms with Crippen LogP contribution < -0.4 is 0 Å². The fourth-order valence-corrected chi connectivity index (χ4v) is 3.80. The molecule has 2 aliphatic heterocycles. The van der Waals surface area contributed by atoms with Gasteiger partial charge in [0.25, 0.3) is 5.91 Å². The fraction of sp³-hybridized carbons (Fsp3) is 0.0370. The summed E-state index contributed by atoms with van der Waals surface area (Å²) in [7, 11) is 0. The van der Waals surface area contributed by atoms with Gasteiger partial charge in [-0.05, 0) is 23.3 Å². The first-order valence-corrected chi connectivity index (χ1v) is 10.1. The Balaban J connectivity index is 1.59. The van der Waals surface area contributed by atoms with Crippen molar-refractivity contribution in [2.24, 2.45) is 0 Å². The zero-order valence-corrected chi connectivity index (χ0v) is 16.7. The van der Waals surface area contributed by atoms with E-state index in [2.05, 4.69) is 0 Å². The van der Waals surface area contributed by atoms with Gasteiger partial charge in [-0.2, -0.15) is 0 Å². The van der Waals surface area contributed by atoms with Gasteiger partial charge in [0.2, 0.25) is 0 Å². The van der Waals surface area contributed by atoms with Gasteiger partial charge in [-0.1, -0.05) is 91.0 Å². The third-order valence-corrected chi connectivity index (χ3v) is 5.35. The summed E-state index contributed by atoms with van der Waals surface area (Å²) < 4.78 is 5.48. The van der Waals surface area contributed by atoms with Crippen LogP contribution in [-0.2, 0) is 20.9 Å². The SMILES string of the molecule is O=C1OC(c2ccccc2)=C/C1=C1\C=C(c2ccccc2)N(Cc2ccccc2)C1=O. The van der Waals surface area contributed by atoms with E-state index in [0.717, 1.165) is 22.4 Å². The molecule has 0 unspecified atom stereocenters. The quantitative estimate of drug-likeness (QED) is 0.455. The summed E-state index contributed by atoms with van der Waals surface area (Å²) in [6.45, 7) is 0.418. The van der Waals surface area contributed by atoms with Gasteiger partial charge in [0.15, 0.2) is 0 Å². The standard InChI is InChI=1S/C27H19NO3/c29-26-22(23-17-25(31-27(23)30)21-14-8-3-9-15-21)16-24(20-12-6-2-7-13-20)28(26)18-19-10-4-1-5-11-19/h1-17H,18H2/b23-22-. The van der Waals surface area contributed by atoms with Crippen LogP contribution in [0, 0.1) is 0 Å². The van der Waals surface area contributed by atoms with Crippen LogP contribution in [0.1, 0.15) is 16.7 Å². The molecule has 0 spiro atoms. The second-order valence-electron chi connectivity index (χ2n) is 7.36. The number of nitrogens with zero attached hydrogens (tertiary/aromatic N) is 1. The monoisotopic (exact) mass is 405 g/mol. The maximum Gasteiger partial charge on any atom is 0.344 e. The van der Waals surface area contributed by atoms with Crippen molar-refractivity contribution in [1.29, 1.82) is 0 Å². The molecule has 1 amide bonds. The van der Waals surface area contributed by atoms with Crippen molar-refractivity contribution < 1.29 is 14.3 Å². The maximum absolute atomic E-state index is 13.4. The van der Waals surface area contributed by atoms with E-state index in [9.17, 15) is 9.59 Å². The van der Waals surface area contributed by atoms with Crippen LogP contribution in [-0.4, -0.2) is 16.8 Å². The lowest BCUT2D eigenvalue weighted by Gasteiger charge is -2.21. The van der Waals surface area contributed by atoms with Crippen LogP contribution in [0.2, 0.25) is 0 Å². The largest absolute Gasteiger partial charge is 0.422 e. The van der Waals surface area contributed by atoms with Crippen LogP contribution in [0.4, 0.5) is 0 Å². The second kappa shape index (κ2) is 7.92. The zero-order valence-electron chi connectivity index (χ0n) is 16.7. The molecule has 31 heavy (non-hydrogen) atoms. The number of cyclic esters (lactones) is 1. The number of esters is 1. The third-order valence-electron chi connectivity index (χ3n) is 5.35. The van der Waals surface area contributed by atoms with Crippen molar-refractivity contribution in [3.63, 3.8) is 0 Å². The molecule has 0 aromatic heterocycles. The lowest BCUT2D eigenvalue weighted by molar-refractivity contribution is -0.131. The number of hydrogen-bond acceptors (Lipinski definition) is 3. The van der Waals surface area contributed by atoms with Gasteiger partial charge in [0, 0.05) is 5.56 Å². The topological polar surface area (TPSA) is 46.6 Å². The lowest BCUT2D eigenvalue weighted by atomic mass is 10.1.